The molecule has 1 N–H and O–H groups in total. The summed E-state index contributed by atoms with van der Waals surface area (Å²) < 4.78 is 5.79. The highest BCUT2D eigenvalue weighted by Crippen LogP contribution is 2.31. The lowest BCUT2D eigenvalue weighted by Crippen LogP contribution is -2.59. The number of rotatable bonds is 3. The first-order valence-electron chi connectivity index (χ1n) is 6.71. The first-order valence-corrected chi connectivity index (χ1v) is 6.71. The average Bonchev–Trinajstić information content (AvgIpc) is 2.28. The van der Waals surface area contributed by atoms with Crippen LogP contribution in [0.25, 0.3) is 0 Å². The van der Waals surface area contributed by atoms with Gasteiger partial charge in [0.15, 0.2) is 0 Å². The number of morpholine rings is 1. The molecule has 1 aliphatic heterocycles. The van der Waals surface area contributed by atoms with Gasteiger partial charge in [-0.1, -0.05) is 26.7 Å². The molecule has 2 fully saturated rings. The predicted molar refractivity (Wildman–Crippen MR) is 65.0 cm³/mol. The van der Waals surface area contributed by atoms with Gasteiger partial charge in [-0.15, -0.1) is 0 Å². The highest BCUT2D eigenvalue weighted by atomic mass is 16.5. The minimum atomic E-state index is -0.689. The summed E-state index contributed by atoms with van der Waals surface area (Å²) in [7, 11) is 0. The summed E-state index contributed by atoms with van der Waals surface area (Å²) in [6.45, 7) is 5.42. The van der Waals surface area contributed by atoms with Crippen molar-refractivity contribution in [3.63, 3.8) is 0 Å². The second kappa shape index (κ2) is 5.36. The van der Waals surface area contributed by atoms with E-state index in [2.05, 4.69) is 4.90 Å². The molecule has 4 heteroatoms. The number of carboxylic acids is 1. The molecule has 98 valence electrons. The first kappa shape index (κ1) is 12.8. The van der Waals surface area contributed by atoms with Crippen LogP contribution in [0.1, 0.15) is 39.5 Å². The molecule has 1 aliphatic carbocycles. The third-order valence-electron chi connectivity index (χ3n) is 4.02. The number of fused-ring (bicyclic) bond motifs is 1. The zero-order valence-corrected chi connectivity index (χ0v) is 10.8. The number of ether oxygens (including phenoxy) is 1. The minimum absolute atomic E-state index is 0.146. The van der Waals surface area contributed by atoms with E-state index in [1.54, 1.807) is 0 Å². The van der Waals surface area contributed by atoms with Crippen molar-refractivity contribution in [2.24, 2.45) is 5.92 Å². The van der Waals surface area contributed by atoms with Gasteiger partial charge in [0.25, 0.3) is 0 Å². The molecule has 4 nitrogen and oxygen atoms in total. The summed E-state index contributed by atoms with van der Waals surface area (Å²) in [5, 5.41) is 9.40. The zero-order valence-electron chi connectivity index (χ0n) is 10.8. The fourth-order valence-corrected chi connectivity index (χ4v) is 3.28. The Hall–Kier alpha value is -0.610. The standard InChI is InChI=1S/C13H23NO3/c1-9(2)12(13(15)16)14-7-8-17-11-6-4-3-5-10(11)14/h9-12H,3-8H2,1-2H3,(H,15,16). The van der Waals surface area contributed by atoms with Crippen LogP contribution in [-0.4, -0.2) is 47.3 Å². The zero-order chi connectivity index (χ0) is 12.4. The molecule has 0 amide bonds. The highest BCUT2D eigenvalue weighted by molar-refractivity contribution is 5.73. The van der Waals surface area contributed by atoms with Crippen molar-refractivity contribution in [3.05, 3.63) is 0 Å². The Bertz CT molecular complexity index is 278. The van der Waals surface area contributed by atoms with E-state index in [4.69, 9.17) is 4.74 Å². The molecule has 17 heavy (non-hydrogen) atoms. The van der Waals surface area contributed by atoms with Crippen molar-refractivity contribution < 1.29 is 14.6 Å². The van der Waals surface area contributed by atoms with E-state index in [0.717, 1.165) is 19.4 Å². The Morgan fingerprint density at radius 2 is 2.06 bits per heavy atom. The van der Waals surface area contributed by atoms with Gasteiger partial charge in [0.1, 0.15) is 6.04 Å². The summed E-state index contributed by atoms with van der Waals surface area (Å²) in [5.74, 6) is -0.542. The monoisotopic (exact) mass is 241 g/mol. The van der Waals surface area contributed by atoms with Crippen molar-refractivity contribution in [2.45, 2.75) is 57.7 Å². The molecule has 2 aliphatic rings. The Morgan fingerprint density at radius 1 is 1.35 bits per heavy atom. The molecule has 0 bridgehead atoms. The van der Waals surface area contributed by atoms with E-state index in [1.165, 1.54) is 12.8 Å². The number of hydrogen-bond donors (Lipinski definition) is 1. The summed E-state index contributed by atoms with van der Waals surface area (Å²) in [6.07, 6.45) is 4.85. The van der Waals surface area contributed by atoms with E-state index < -0.39 is 5.97 Å². The third kappa shape index (κ3) is 2.63. The fraction of sp³-hybridized carbons (Fsp3) is 0.923. The molecular weight excluding hydrogens is 218 g/mol. The van der Waals surface area contributed by atoms with Crippen LogP contribution in [0.3, 0.4) is 0 Å². The normalized spacial score (nSPS) is 32.2. The van der Waals surface area contributed by atoms with Gasteiger partial charge in [-0.2, -0.15) is 0 Å². The molecule has 0 aromatic heterocycles. The summed E-state index contributed by atoms with van der Waals surface area (Å²) >= 11 is 0. The molecule has 0 spiro atoms. The number of hydrogen-bond acceptors (Lipinski definition) is 3. The molecule has 3 atom stereocenters. The fourth-order valence-electron chi connectivity index (χ4n) is 3.28. The van der Waals surface area contributed by atoms with E-state index in [-0.39, 0.29) is 18.1 Å². The van der Waals surface area contributed by atoms with Crippen LogP contribution in [0.2, 0.25) is 0 Å². The maximum atomic E-state index is 11.4. The molecule has 0 radical (unpaired) electrons. The summed E-state index contributed by atoms with van der Waals surface area (Å²) in [4.78, 5) is 13.6. The van der Waals surface area contributed by atoms with E-state index in [9.17, 15) is 9.90 Å². The lowest BCUT2D eigenvalue weighted by Gasteiger charge is -2.47. The van der Waals surface area contributed by atoms with Gasteiger partial charge in [0, 0.05) is 12.6 Å². The van der Waals surface area contributed by atoms with Crippen LogP contribution in [0.5, 0.6) is 0 Å². The van der Waals surface area contributed by atoms with Crippen molar-refractivity contribution in [1.29, 1.82) is 0 Å². The minimum Gasteiger partial charge on any atom is -0.480 e. The average molecular weight is 241 g/mol. The van der Waals surface area contributed by atoms with Gasteiger partial charge in [-0.3, -0.25) is 9.69 Å². The van der Waals surface area contributed by atoms with Crippen molar-refractivity contribution in [2.75, 3.05) is 13.2 Å². The van der Waals surface area contributed by atoms with Gasteiger partial charge in [-0.05, 0) is 18.8 Å². The lowest BCUT2D eigenvalue weighted by molar-refractivity contribution is -0.156. The highest BCUT2D eigenvalue weighted by Gasteiger charge is 2.40. The largest absolute Gasteiger partial charge is 0.480 e. The van der Waals surface area contributed by atoms with Crippen molar-refractivity contribution in [1.82, 2.24) is 4.90 Å². The Labute approximate surface area is 103 Å². The molecule has 1 heterocycles. The van der Waals surface area contributed by atoms with Gasteiger partial charge < -0.3 is 9.84 Å². The topological polar surface area (TPSA) is 49.8 Å². The molecular formula is C13H23NO3. The molecule has 0 aromatic rings. The van der Waals surface area contributed by atoms with E-state index >= 15 is 0 Å². The van der Waals surface area contributed by atoms with Crippen molar-refractivity contribution in [3.8, 4) is 0 Å². The van der Waals surface area contributed by atoms with E-state index in [0.29, 0.717) is 12.6 Å². The number of carbonyl (C=O) groups is 1. The predicted octanol–water partition coefficient (Wildman–Crippen LogP) is 1.74. The smallest absolute Gasteiger partial charge is 0.321 e. The van der Waals surface area contributed by atoms with Gasteiger partial charge >= 0.3 is 5.97 Å². The Morgan fingerprint density at radius 3 is 2.71 bits per heavy atom. The summed E-state index contributed by atoms with van der Waals surface area (Å²) in [5.41, 5.74) is 0. The van der Waals surface area contributed by atoms with Gasteiger partial charge in [0.05, 0.1) is 12.7 Å². The van der Waals surface area contributed by atoms with Crippen LogP contribution in [0.4, 0.5) is 0 Å². The first-order chi connectivity index (χ1) is 8.11. The Balaban J connectivity index is 2.14. The van der Waals surface area contributed by atoms with Gasteiger partial charge in [0.2, 0.25) is 0 Å². The third-order valence-corrected chi connectivity index (χ3v) is 4.02. The van der Waals surface area contributed by atoms with Crippen molar-refractivity contribution >= 4 is 5.97 Å². The van der Waals surface area contributed by atoms with Crippen LogP contribution in [0.15, 0.2) is 0 Å². The molecule has 3 unspecified atom stereocenters. The molecule has 2 rings (SSSR count). The Kier molecular flexibility index (Phi) is 4.05. The second-order valence-electron chi connectivity index (χ2n) is 5.53. The molecule has 0 aromatic carbocycles. The van der Waals surface area contributed by atoms with Crippen LogP contribution >= 0.6 is 0 Å². The molecule has 1 saturated carbocycles. The molecule has 1 saturated heterocycles. The quantitative estimate of drug-likeness (QED) is 0.817. The van der Waals surface area contributed by atoms with Crippen LogP contribution < -0.4 is 0 Å². The lowest BCUT2D eigenvalue weighted by atomic mass is 9.87. The number of nitrogens with zero attached hydrogens (tertiary/aromatic N) is 1. The maximum Gasteiger partial charge on any atom is 0.321 e. The van der Waals surface area contributed by atoms with Crippen LogP contribution in [-0.2, 0) is 9.53 Å². The van der Waals surface area contributed by atoms with E-state index in [1.807, 2.05) is 13.8 Å². The van der Waals surface area contributed by atoms with Gasteiger partial charge in [-0.25, -0.2) is 0 Å². The number of aliphatic carboxylic acids is 1. The van der Waals surface area contributed by atoms with Crippen LogP contribution in [0, 0.1) is 5.92 Å². The SMILES string of the molecule is CC(C)C(C(=O)O)N1CCOC2CCCCC21. The second-order valence-corrected chi connectivity index (χ2v) is 5.53. The number of carboxylic acid groups (broad SMARTS) is 1. The summed E-state index contributed by atoms with van der Waals surface area (Å²) in [6, 6.07) is -0.0366. The maximum absolute atomic E-state index is 11.4.